The summed E-state index contributed by atoms with van der Waals surface area (Å²) < 4.78 is 14.0. The van der Waals surface area contributed by atoms with Gasteiger partial charge in [0.25, 0.3) is 13.0 Å². The predicted molar refractivity (Wildman–Crippen MR) is 339 cm³/mol. The number of para-hydroxylation sites is 6. The van der Waals surface area contributed by atoms with Gasteiger partial charge in [-0.1, -0.05) is 196 Å². The molecule has 0 saturated heterocycles. The average Bonchev–Trinajstić information content (AvgIpc) is 1.94. The van der Waals surface area contributed by atoms with Gasteiger partial charge in [-0.25, -0.2) is 4.98 Å². The van der Waals surface area contributed by atoms with Crippen LogP contribution in [0.1, 0.15) is 25.0 Å². The molecule has 6 heterocycles. The standard InChI is InChI=1S/C75H51BN6O/c1-75(2)59-43-42-55(46-66(59)79-48-78(65-41-21-36-60(75)72(65)79)71-56(49-23-7-3-8-24-49)33-20-34-57(71)50-25-9-4-10-26-50)83-54-32-19-31-53(45-54)82-67-47-68-70-73(69(67)58-35-22-44-77-74(58)82)81(52-29-13-6-14-30-52)64-40-18-16-38-62(64)76(70)61-37-15-17-39-63(61)80(68)51-27-11-5-12-28-51/h3-47H,1-2H3. The first-order valence-electron chi connectivity index (χ1n) is 28.5. The van der Waals surface area contributed by atoms with Crippen LogP contribution in [0.4, 0.5) is 34.1 Å². The van der Waals surface area contributed by atoms with Crippen LogP contribution in [0.15, 0.2) is 273 Å². The van der Waals surface area contributed by atoms with Crippen molar-refractivity contribution in [3.63, 3.8) is 0 Å². The number of hydrogen-bond acceptors (Lipinski definition) is 4. The fourth-order valence-electron chi connectivity index (χ4n) is 14.0. The molecule has 14 aromatic rings. The molecule has 0 aliphatic carbocycles. The number of rotatable bonds is 8. The monoisotopic (exact) mass is 1060 g/mol. The molecule has 7 nitrogen and oxygen atoms in total. The van der Waals surface area contributed by atoms with Crippen LogP contribution in [0.3, 0.4) is 0 Å². The second-order valence-electron chi connectivity index (χ2n) is 22.4. The quantitative estimate of drug-likeness (QED) is 0.0864. The van der Waals surface area contributed by atoms with Gasteiger partial charge in [-0.15, -0.1) is 0 Å². The molecular formula is C75H51BN6O. The number of benzene rings is 11. The zero-order valence-corrected chi connectivity index (χ0v) is 45.6. The second kappa shape index (κ2) is 18.2. The number of aromatic nitrogens is 4. The summed E-state index contributed by atoms with van der Waals surface area (Å²) in [6, 6.07) is 96.1. The fourth-order valence-corrected chi connectivity index (χ4v) is 14.0. The fraction of sp³-hybridized carbons (Fsp3) is 0.0400. The molecular weight excluding hydrogens is 1010 g/mol. The van der Waals surface area contributed by atoms with E-state index in [4.69, 9.17) is 9.72 Å². The van der Waals surface area contributed by atoms with Crippen molar-refractivity contribution in [3.8, 4) is 50.8 Å². The third kappa shape index (κ3) is 6.99. The Balaban J connectivity index is 0.847. The number of anilines is 6. The van der Waals surface area contributed by atoms with Gasteiger partial charge < -0.3 is 14.5 Å². The molecule has 0 radical (unpaired) electrons. The van der Waals surface area contributed by atoms with Crippen LogP contribution in [0.5, 0.6) is 11.5 Å². The maximum Gasteiger partial charge on any atom is 0.269 e. The molecule has 3 aliphatic rings. The van der Waals surface area contributed by atoms with Gasteiger partial charge in [0.15, 0.2) is 0 Å². The molecule has 0 saturated carbocycles. The smallest absolute Gasteiger partial charge is 0.269 e. The maximum atomic E-state index is 7.11. The molecule has 3 aromatic heterocycles. The molecule has 0 bridgehead atoms. The summed E-state index contributed by atoms with van der Waals surface area (Å²) in [6.07, 6.45) is 5.87. The Morgan fingerprint density at radius 1 is 0.482 bits per heavy atom. The number of hydrogen-bond donors (Lipinski definition) is 0. The van der Waals surface area contributed by atoms with Crippen molar-refractivity contribution in [3.05, 3.63) is 291 Å². The molecule has 0 amide bonds. The Hall–Kier alpha value is -10.7. The normalized spacial score (nSPS) is 13.4. The van der Waals surface area contributed by atoms with Gasteiger partial charge >= 0.3 is 0 Å². The Labute approximate surface area is 481 Å². The lowest BCUT2D eigenvalue weighted by Gasteiger charge is -2.44. The largest absolute Gasteiger partial charge is 0.458 e. The van der Waals surface area contributed by atoms with E-state index >= 15 is 0 Å². The molecule has 8 heteroatoms. The van der Waals surface area contributed by atoms with Gasteiger partial charge in [0.2, 0.25) is 0 Å². The van der Waals surface area contributed by atoms with Gasteiger partial charge in [0, 0.05) is 56.9 Å². The summed E-state index contributed by atoms with van der Waals surface area (Å²) in [6.45, 7) is 4.64. The van der Waals surface area contributed by atoms with Crippen molar-refractivity contribution >= 4 is 90.2 Å². The lowest BCUT2D eigenvalue weighted by Crippen LogP contribution is -2.61. The highest BCUT2D eigenvalue weighted by Crippen LogP contribution is 2.51. The van der Waals surface area contributed by atoms with Crippen LogP contribution >= 0.6 is 0 Å². The average molecular weight is 1060 g/mol. The van der Waals surface area contributed by atoms with Gasteiger partial charge in [0.05, 0.1) is 39.3 Å². The van der Waals surface area contributed by atoms with E-state index in [9.17, 15) is 0 Å². The van der Waals surface area contributed by atoms with E-state index in [2.05, 4.69) is 311 Å². The van der Waals surface area contributed by atoms with Crippen molar-refractivity contribution in [2.45, 2.75) is 19.3 Å². The molecule has 17 rings (SSSR count). The Kier molecular flexibility index (Phi) is 10.3. The van der Waals surface area contributed by atoms with Crippen LogP contribution in [-0.4, -0.2) is 20.8 Å². The maximum absolute atomic E-state index is 7.11. The van der Waals surface area contributed by atoms with Crippen molar-refractivity contribution < 1.29 is 9.30 Å². The summed E-state index contributed by atoms with van der Waals surface area (Å²) in [5.41, 5.74) is 24.5. The van der Waals surface area contributed by atoms with E-state index in [1.807, 2.05) is 6.20 Å². The summed E-state index contributed by atoms with van der Waals surface area (Å²) in [5.74, 6) is 1.44. The number of pyridine rings is 1. The first-order chi connectivity index (χ1) is 41.0. The lowest BCUT2D eigenvalue weighted by atomic mass is 9.33. The summed E-state index contributed by atoms with van der Waals surface area (Å²) in [7, 11) is 0. The summed E-state index contributed by atoms with van der Waals surface area (Å²) in [5, 5.41) is 2.21. The van der Waals surface area contributed by atoms with E-state index in [1.165, 1.54) is 33.2 Å². The summed E-state index contributed by atoms with van der Waals surface area (Å²) >= 11 is 0. The van der Waals surface area contributed by atoms with Crippen molar-refractivity contribution in [1.29, 1.82) is 0 Å². The van der Waals surface area contributed by atoms with E-state index in [1.54, 1.807) is 0 Å². The number of ether oxygens (including phenoxy) is 1. The van der Waals surface area contributed by atoms with E-state index < -0.39 is 0 Å². The van der Waals surface area contributed by atoms with Crippen LogP contribution in [0, 0.1) is 6.33 Å². The topological polar surface area (TPSA) is 42.3 Å². The molecule has 83 heavy (non-hydrogen) atoms. The Morgan fingerprint density at radius 3 is 1.77 bits per heavy atom. The van der Waals surface area contributed by atoms with Gasteiger partial charge in [-0.05, 0) is 129 Å². The molecule has 0 N–H and O–H groups in total. The third-order valence-corrected chi connectivity index (χ3v) is 17.5. The van der Waals surface area contributed by atoms with E-state index in [-0.39, 0.29) is 12.1 Å². The second-order valence-corrected chi connectivity index (χ2v) is 22.4. The lowest BCUT2D eigenvalue weighted by molar-refractivity contribution is -0.571. The molecule has 0 atom stereocenters. The minimum absolute atomic E-state index is 0.0264. The highest BCUT2D eigenvalue weighted by atomic mass is 16.5. The van der Waals surface area contributed by atoms with Crippen LogP contribution in [-0.2, 0) is 5.41 Å². The SMILES string of the molecule is CC1(C)c2ccc(Oc3cccc(-n4c5cc6c7c(c5c5cccnc54)N(c4ccccc4)c4ccccc4B7c4ccccc4N6c4ccccc4)c3)cc2-n2[c-][n+](-c3c(-c4ccccc4)cccc3-c3ccccc3)c3cccc1c32. The van der Waals surface area contributed by atoms with Gasteiger partial charge in [0.1, 0.15) is 17.1 Å². The van der Waals surface area contributed by atoms with E-state index in [0.717, 1.165) is 106 Å². The zero-order chi connectivity index (χ0) is 54.9. The highest BCUT2D eigenvalue weighted by Gasteiger charge is 2.45. The van der Waals surface area contributed by atoms with Gasteiger partial charge in [-0.3, -0.25) is 13.7 Å². The first-order valence-corrected chi connectivity index (χ1v) is 28.5. The zero-order valence-electron chi connectivity index (χ0n) is 45.6. The number of nitrogens with zero attached hydrogens (tertiary/aromatic N) is 6. The minimum atomic E-state index is -0.326. The van der Waals surface area contributed by atoms with Crippen LogP contribution in [0.25, 0.3) is 72.3 Å². The highest BCUT2D eigenvalue weighted by molar-refractivity contribution is 7.00. The molecule has 390 valence electrons. The Bertz CT molecular complexity index is 4870. The third-order valence-electron chi connectivity index (χ3n) is 17.5. The summed E-state index contributed by atoms with van der Waals surface area (Å²) in [4.78, 5) is 10.2. The van der Waals surface area contributed by atoms with Gasteiger partial charge in [-0.2, -0.15) is 0 Å². The first kappa shape index (κ1) is 47.1. The van der Waals surface area contributed by atoms with Crippen LogP contribution in [0.2, 0.25) is 0 Å². The molecule has 3 aliphatic heterocycles. The Morgan fingerprint density at radius 2 is 1.07 bits per heavy atom. The molecule has 0 spiro atoms. The predicted octanol–water partition coefficient (Wildman–Crippen LogP) is 16.0. The molecule has 11 aromatic carbocycles. The van der Waals surface area contributed by atoms with E-state index in [0.29, 0.717) is 5.75 Å². The van der Waals surface area contributed by atoms with Crippen molar-refractivity contribution in [2.24, 2.45) is 0 Å². The van der Waals surface area contributed by atoms with Crippen molar-refractivity contribution in [2.75, 3.05) is 9.80 Å². The van der Waals surface area contributed by atoms with Crippen LogP contribution < -0.4 is 35.5 Å². The minimum Gasteiger partial charge on any atom is -0.458 e. The van der Waals surface area contributed by atoms with Crippen molar-refractivity contribution in [1.82, 2.24) is 14.1 Å². The molecule has 0 fully saturated rings. The number of imidazole rings is 1. The molecule has 0 unspecified atom stereocenters. The number of fused-ring (bicyclic) bond motifs is 10.